The molecule has 0 fully saturated rings. The minimum Gasteiger partial charge on any atom is -0.284 e. The number of aryl methyl sites for hydroxylation is 1. The number of pyridine rings is 1. The average Bonchev–Trinajstić information content (AvgIpc) is 2.58. The van der Waals surface area contributed by atoms with Gasteiger partial charge in [0.2, 0.25) is 0 Å². The van der Waals surface area contributed by atoms with Crippen LogP contribution in [0, 0.1) is 0 Å². The zero-order valence-electron chi connectivity index (χ0n) is 13.1. The Morgan fingerprint density at radius 3 is 2.73 bits per heavy atom. The summed E-state index contributed by atoms with van der Waals surface area (Å²) in [4.78, 5) is 8.96. The molecule has 0 bridgehead atoms. The Hall–Kier alpha value is -2.22. The molecule has 22 heavy (non-hydrogen) atoms. The second-order valence-corrected chi connectivity index (χ2v) is 5.74. The maximum absolute atomic E-state index is 4.73. The van der Waals surface area contributed by atoms with E-state index in [1.54, 1.807) is 0 Å². The van der Waals surface area contributed by atoms with E-state index in [1.165, 1.54) is 23.1 Å². The van der Waals surface area contributed by atoms with E-state index in [4.69, 9.17) is 4.99 Å². The van der Waals surface area contributed by atoms with Crippen LogP contribution in [-0.4, -0.2) is 17.2 Å². The van der Waals surface area contributed by atoms with Crippen molar-refractivity contribution >= 4 is 11.8 Å². The Labute approximate surface area is 132 Å². The molecule has 112 valence electrons. The monoisotopic (exact) mass is 290 g/mol. The van der Waals surface area contributed by atoms with Crippen molar-refractivity contribution in [3.8, 4) is 0 Å². The maximum atomic E-state index is 4.73. The Morgan fingerprint density at radius 1 is 1.14 bits per heavy atom. The Kier molecular flexibility index (Phi) is 4.79. The van der Waals surface area contributed by atoms with E-state index in [0.717, 1.165) is 37.1 Å². The van der Waals surface area contributed by atoms with Crippen molar-refractivity contribution in [1.29, 1.82) is 0 Å². The molecular weight excluding hydrogens is 268 g/mol. The van der Waals surface area contributed by atoms with Gasteiger partial charge in [0.1, 0.15) is 0 Å². The maximum Gasteiger partial charge on any atom is 0.0694 e. The fourth-order valence-electron chi connectivity index (χ4n) is 2.87. The van der Waals surface area contributed by atoms with Crippen LogP contribution >= 0.6 is 0 Å². The van der Waals surface area contributed by atoms with Crippen LogP contribution < -0.4 is 0 Å². The Balaban J connectivity index is 1.88. The topological polar surface area (TPSA) is 25.2 Å². The zero-order chi connectivity index (χ0) is 15.2. The van der Waals surface area contributed by atoms with E-state index >= 15 is 0 Å². The normalized spacial score (nSPS) is 16.6. The summed E-state index contributed by atoms with van der Waals surface area (Å²) in [5, 5.41) is 0. The molecule has 2 aromatic rings. The van der Waals surface area contributed by atoms with Crippen molar-refractivity contribution < 1.29 is 0 Å². The molecule has 2 nitrogen and oxygen atoms in total. The van der Waals surface area contributed by atoms with Gasteiger partial charge in [-0.25, -0.2) is 0 Å². The smallest absolute Gasteiger partial charge is 0.0694 e. The van der Waals surface area contributed by atoms with Gasteiger partial charge in [0.05, 0.1) is 5.71 Å². The van der Waals surface area contributed by atoms with Crippen molar-refractivity contribution in [2.75, 3.05) is 6.54 Å². The molecule has 0 atom stereocenters. The highest BCUT2D eigenvalue weighted by atomic mass is 14.8. The van der Waals surface area contributed by atoms with Gasteiger partial charge in [0, 0.05) is 24.5 Å². The summed E-state index contributed by atoms with van der Waals surface area (Å²) in [6, 6.07) is 13.0. The molecule has 0 amide bonds. The standard InChI is InChI=1S/C20H22N2/c1-2-5-16-8-10-17(11-9-16)14-18-6-4-13-22-20(18)19-7-3-12-21-15-19/h3,7-12,14-15H,2,4-6,13H2,1H3/b18-14+. The van der Waals surface area contributed by atoms with Crippen LogP contribution in [0.2, 0.25) is 0 Å². The van der Waals surface area contributed by atoms with Crippen LogP contribution in [0.3, 0.4) is 0 Å². The molecular formula is C20H22N2. The van der Waals surface area contributed by atoms with Gasteiger partial charge in [-0.2, -0.15) is 0 Å². The predicted octanol–water partition coefficient (Wildman–Crippen LogP) is 4.70. The SMILES string of the molecule is CCCc1ccc(/C=C2\CCCN=C2c2cccnc2)cc1. The summed E-state index contributed by atoms with van der Waals surface area (Å²) in [5.74, 6) is 0. The highest BCUT2D eigenvalue weighted by Gasteiger charge is 2.14. The van der Waals surface area contributed by atoms with Gasteiger partial charge in [-0.05, 0) is 54.2 Å². The van der Waals surface area contributed by atoms with E-state index in [9.17, 15) is 0 Å². The number of rotatable bonds is 4. The lowest BCUT2D eigenvalue weighted by Crippen LogP contribution is -2.11. The first-order valence-corrected chi connectivity index (χ1v) is 8.11. The summed E-state index contributed by atoms with van der Waals surface area (Å²) in [6.07, 6.45) is 10.6. The Bertz CT molecular complexity index is 667. The third-order valence-corrected chi connectivity index (χ3v) is 3.97. The molecule has 2 heteroatoms. The Morgan fingerprint density at radius 2 is 2.00 bits per heavy atom. The molecule has 1 aliphatic rings. The van der Waals surface area contributed by atoms with Gasteiger partial charge in [-0.15, -0.1) is 0 Å². The first-order valence-electron chi connectivity index (χ1n) is 8.11. The highest BCUT2D eigenvalue weighted by molar-refractivity contribution is 6.15. The molecule has 2 heterocycles. The van der Waals surface area contributed by atoms with Gasteiger partial charge in [0.25, 0.3) is 0 Å². The van der Waals surface area contributed by atoms with Crippen LogP contribution in [0.5, 0.6) is 0 Å². The van der Waals surface area contributed by atoms with E-state index in [1.807, 2.05) is 18.5 Å². The van der Waals surface area contributed by atoms with Gasteiger partial charge >= 0.3 is 0 Å². The number of nitrogens with zero attached hydrogens (tertiary/aromatic N) is 2. The van der Waals surface area contributed by atoms with E-state index in [0.29, 0.717) is 0 Å². The van der Waals surface area contributed by atoms with Gasteiger partial charge in [0.15, 0.2) is 0 Å². The van der Waals surface area contributed by atoms with Crippen molar-refractivity contribution in [3.63, 3.8) is 0 Å². The van der Waals surface area contributed by atoms with Crippen LogP contribution in [0.4, 0.5) is 0 Å². The predicted molar refractivity (Wildman–Crippen MR) is 93.3 cm³/mol. The molecule has 0 saturated carbocycles. The number of allylic oxidation sites excluding steroid dienone is 1. The molecule has 0 unspecified atom stereocenters. The van der Waals surface area contributed by atoms with Crippen molar-refractivity contribution in [2.45, 2.75) is 32.6 Å². The zero-order valence-corrected chi connectivity index (χ0v) is 13.1. The summed E-state index contributed by atoms with van der Waals surface area (Å²) >= 11 is 0. The second kappa shape index (κ2) is 7.17. The van der Waals surface area contributed by atoms with Crippen LogP contribution in [-0.2, 0) is 6.42 Å². The number of hydrogen-bond donors (Lipinski definition) is 0. The van der Waals surface area contributed by atoms with Crippen LogP contribution in [0.25, 0.3) is 6.08 Å². The first-order chi connectivity index (χ1) is 10.9. The lowest BCUT2D eigenvalue weighted by atomic mass is 9.94. The minimum atomic E-state index is 0.914. The first kappa shape index (κ1) is 14.7. The third kappa shape index (κ3) is 3.51. The number of aliphatic imine (C=N–C) groups is 1. The fourth-order valence-corrected chi connectivity index (χ4v) is 2.87. The van der Waals surface area contributed by atoms with Gasteiger partial charge in [-0.3, -0.25) is 9.98 Å². The molecule has 0 aliphatic carbocycles. The highest BCUT2D eigenvalue weighted by Crippen LogP contribution is 2.22. The lowest BCUT2D eigenvalue weighted by molar-refractivity contribution is 0.818. The van der Waals surface area contributed by atoms with E-state index in [-0.39, 0.29) is 0 Å². The van der Waals surface area contributed by atoms with Crippen LogP contribution in [0.1, 0.15) is 42.9 Å². The van der Waals surface area contributed by atoms with E-state index in [2.05, 4.69) is 48.3 Å². The quantitative estimate of drug-likeness (QED) is 0.801. The summed E-state index contributed by atoms with van der Waals surface area (Å²) < 4.78 is 0. The van der Waals surface area contributed by atoms with Crippen LogP contribution in [0.15, 0.2) is 59.4 Å². The molecule has 0 saturated heterocycles. The molecule has 1 aliphatic heterocycles. The molecule has 0 N–H and O–H groups in total. The largest absolute Gasteiger partial charge is 0.284 e. The fraction of sp³-hybridized carbons (Fsp3) is 0.300. The molecule has 0 spiro atoms. The van der Waals surface area contributed by atoms with Crippen molar-refractivity contribution in [1.82, 2.24) is 4.98 Å². The van der Waals surface area contributed by atoms with Crippen molar-refractivity contribution in [2.24, 2.45) is 4.99 Å². The molecule has 1 aromatic carbocycles. The second-order valence-electron chi connectivity index (χ2n) is 5.74. The molecule has 3 rings (SSSR count). The number of aromatic nitrogens is 1. The third-order valence-electron chi connectivity index (χ3n) is 3.97. The minimum absolute atomic E-state index is 0.914. The lowest BCUT2D eigenvalue weighted by Gasteiger charge is -2.16. The molecule has 0 radical (unpaired) electrons. The van der Waals surface area contributed by atoms with Crippen molar-refractivity contribution in [3.05, 3.63) is 71.1 Å². The van der Waals surface area contributed by atoms with E-state index < -0.39 is 0 Å². The van der Waals surface area contributed by atoms with Gasteiger partial charge < -0.3 is 0 Å². The summed E-state index contributed by atoms with van der Waals surface area (Å²) in [5.41, 5.74) is 6.22. The number of hydrogen-bond acceptors (Lipinski definition) is 2. The summed E-state index contributed by atoms with van der Waals surface area (Å²) in [7, 11) is 0. The number of benzene rings is 1. The average molecular weight is 290 g/mol. The van der Waals surface area contributed by atoms with Gasteiger partial charge in [-0.1, -0.05) is 37.6 Å². The summed E-state index contributed by atoms with van der Waals surface area (Å²) in [6.45, 7) is 3.13. The molecule has 1 aromatic heterocycles.